The standard InChI is InChI=1S/C16H24N2O/c1-11-7-12(2)14(13(3)8-11)15(19)18-10-16(9-17)5-4-6-16/h7-8H,4-6,9-10,17H2,1-3H3,(H,18,19). The van der Waals surface area contributed by atoms with E-state index < -0.39 is 0 Å². The second-order valence-electron chi connectivity index (χ2n) is 6.01. The Balaban J connectivity index is 2.08. The van der Waals surface area contributed by atoms with E-state index >= 15 is 0 Å². The number of aryl methyl sites for hydroxylation is 3. The Bertz CT molecular complexity index is 461. The van der Waals surface area contributed by atoms with Crippen LogP contribution in [0.3, 0.4) is 0 Å². The van der Waals surface area contributed by atoms with E-state index in [2.05, 4.69) is 24.4 Å². The van der Waals surface area contributed by atoms with Gasteiger partial charge in [0.25, 0.3) is 5.91 Å². The average Bonchev–Trinajstić information content (AvgIpc) is 2.26. The molecular weight excluding hydrogens is 236 g/mol. The first-order valence-electron chi connectivity index (χ1n) is 7.03. The number of amides is 1. The summed E-state index contributed by atoms with van der Waals surface area (Å²) in [6, 6.07) is 4.12. The second-order valence-corrected chi connectivity index (χ2v) is 6.01. The first-order valence-corrected chi connectivity index (χ1v) is 7.03. The van der Waals surface area contributed by atoms with Crippen molar-refractivity contribution in [2.24, 2.45) is 11.1 Å². The molecule has 1 aromatic rings. The van der Waals surface area contributed by atoms with Crippen LogP contribution < -0.4 is 11.1 Å². The van der Waals surface area contributed by atoms with Crippen LogP contribution in [0.4, 0.5) is 0 Å². The molecule has 0 spiro atoms. The number of nitrogens with one attached hydrogen (secondary N) is 1. The van der Waals surface area contributed by atoms with Gasteiger partial charge < -0.3 is 11.1 Å². The van der Waals surface area contributed by atoms with E-state index in [0.717, 1.165) is 29.5 Å². The molecule has 0 atom stereocenters. The number of nitrogens with two attached hydrogens (primary N) is 1. The SMILES string of the molecule is Cc1cc(C)c(C(=O)NCC2(CN)CCC2)c(C)c1. The number of benzene rings is 1. The van der Waals surface area contributed by atoms with Crippen LogP contribution in [0.2, 0.25) is 0 Å². The summed E-state index contributed by atoms with van der Waals surface area (Å²) in [4.78, 5) is 12.3. The molecule has 104 valence electrons. The monoisotopic (exact) mass is 260 g/mol. The minimum Gasteiger partial charge on any atom is -0.351 e. The highest BCUT2D eigenvalue weighted by molar-refractivity contribution is 5.97. The van der Waals surface area contributed by atoms with Crippen molar-refractivity contribution in [3.63, 3.8) is 0 Å². The molecule has 0 unspecified atom stereocenters. The van der Waals surface area contributed by atoms with Crippen molar-refractivity contribution in [2.75, 3.05) is 13.1 Å². The molecule has 0 aromatic heterocycles. The summed E-state index contributed by atoms with van der Waals surface area (Å²) in [7, 11) is 0. The molecule has 3 nitrogen and oxygen atoms in total. The molecule has 0 heterocycles. The van der Waals surface area contributed by atoms with Crippen molar-refractivity contribution in [1.82, 2.24) is 5.32 Å². The first kappa shape index (κ1) is 14.1. The summed E-state index contributed by atoms with van der Waals surface area (Å²) in [6.07, 6.45) is 3.50. The Hall–Kier alpha value is -1.35. The van der Waals surface area contributed by atoms with Gasteiger partial charge in [-0.05, 0) is 56.7 Å². The zero-order valence-corrected chi connectivity index (χ0v) is 12.2. The predicted molar refractivity (Wildman–Crippen MR) is 78.3 cm³/mol. The number of rotatable bonds is 4. The Kier molecular flexibility index (Phi) is 3.95. The molecule has 0 bridgehead atoms. The van der Waals surface area contributed by atoms with Gasteiger partial charge in [-0.1, -0.05) is 24.1 Å². The highest BCUT2D eigenvalue weighted by Gasteiger charge is 2.35. The maximum atomic E-state index is 12.3. The summed E-state index contributed by atoms with van der Waals surface area (Å²) in [6.45, 7) is 7.42. The molecule has 1 aliphatic carbocycles. The summed E-state index contributed by atoms with van der Waals surface area (Å²) >= 11 is 0. The van der Waals surface area contributed by atoms with Crippen LogP contribution in [0, 0.1) is 26.2 Å². The summed E-state index contributed by atoms with van der Waals surface area (Å²) in [5, 5.41) is 3.07. The largest absolute Gasteiger partial charge is 0.351 e. The fourth-order valence-corrected chi connectivity index (χ4v) is 3.02. The normalized spacial score (nSPS) is 16.8. The fraction of sp³-hybridized carbons (Fsp3) is 0.562. The van der Waals surface area contributed by atoms with Gasteiger partial charge in [0.2, 0.25) is 0 Å². The molecule has 1 aliphatic rings. The number of carbonyl (C=O) groups excluding carboxylic acids is 1. The molecule has 1 fully saturated rings. The Morgan fingerprint density at radius 1 is 1.26 bits per heavy atom. The summed E-state index contributed by atoms with van der Waals surface area (Å²) in [5.41, 5.74) is 10.1. The third-order valence-electron chi connectivity index (χ3n) is 4.38. The van der Waals surface area contributed by atoms with Crippen molar-refractivity contribution in [3.05, 3.63) is 34.4 Å². The fourth-order valence-electron chi connectivity index (χ4n) is 3.02. The number of hydrogen-bond donors (Lipinski definition) is 2. The first-order chi connectivity index (χ1) is 8.97. The van der Waals surface area contributed by atoms with Gasteiger partial charge in [-0.3, -0.25) is 4.79 Å². The van der Waals surface area contributed by atoms with Crippen LogP contribution >= 0.6 is 0 Å². The lowest BCUT2D eigenvalue weighted by atomic mass is 9.69. The molecular formula is C16H24N2O. The van der Waals surface area contributed by atoms with Gasteiger partial charge in [0, 0.05) is 12.1 Å². The third kappa shape index (κ3) is 2.81. The molecule has 3 N–H and O–H groups in total. The van der Waals surface area contributed by atoms with Crippen molar-refractivity contribution < 1.29 is 4.79 Å². The lowest BCUT2D eigenvalue weighted by Gasteiger charge is -2.41. The second kappa shape index (κ2) is 5.33. The summed E-state index contributed by atoms with van der Waals surface area (Å²) in [5.74, 6) is 0.0368. The van der Waals surface area contributed by atoms with Crippen LogP contribution in [0.5, 0.6) is 0 Å². The number of hydrogen-bond acceptors (Lipinski definition) is 2. The van der Waals surface area contributed by atoms with Gasteiger partial charge in [-0.25, -0.2) is 0 Å². The Morgan fingerprint density at radius 2 is 1.84 bits per heavy atom. The predicted octanol–water partition coefficient (Wildman–Crippen LogP) is 2.47. The van der Waals surface area contributed by atoms with Gasteiger partial charge in [0.15, 0.2) is 0 Å². The molecule has 2 rings (SSSR count). The van der Waals surface area contributed by atoms with E-state index in [4.69, 9.17) is 5.73 Å². The number of carbonyl (C=O) groups is 1. The van der Waals surface area contributed by atoms with Gasteiger partial charge in [0.05, 0.1) is 0 Å². The van der Waals surface area contributed by atoms with Gasteiger partial charge in [-0.2, -0.15) is 0 Å². The molecule has 1 amide bonds. The molecule has 3 heteroatoms. The van der Waals surface area contributed by atoms with Crippen LogP contribution in [-0.2, 0) is 0 Å². The molecule has 0 saturated heterocycles. The van der Waals surface area contributed by atoms with Crippen molar-refractivity contribution in [2.45, 2.75) is 40.0 Å². The third-order valence-corrected chi connectivity index (χ3v) is 4.38. The smallest absolute Gasteiger partial charge is 0.251 e. The minimum atomic E-state index is 0.0368. The molecule has 0 radical (unpaired) electrons. The highest BCUT2D eigenvalue weighted by atomic mass is 16.1. The maximum Gasteiger partial charge on any atom is 0.251 e. The lowest BCUT2D eigenvalue weighted by molar-refractivity contribution is 0.0875. The Morgan fingerprint density at radius 3 is 2.26 bits per heavy atom. The van der Waals surface area contributed by atoms with Gasteiger partial charge in [-0.15, -0.1) is 0 Å². The molecule has 19 heavy (non-hydrogen) atoms. The van der Waals surface area contributed by atoms with E-state index in [0.29, 0.717) is 13.1 Å². The van der Waals surface area contributed by atoms with Crippen LogP contribution in [0.25, 0.3) is 0 Å². The van der Waals surface area contributed by atoms with E-state index in [9.17, 15) is 4.79 Å². The van der Waals surface area contributed by atoms with E-state index in [1.165, 1.54) is 12.0 Å². The average molecular weight is 260 g/mol. The highest BCUT2D eigenvalue weighted by Crippen LogP contribution is 2.39. The van der Waals surface area contributed by atoms with Crippen molar-refractivity contribution in [3.8, 4) is 0 Å². The topological polar surface area (TPSA) is 55.1 Å². The quantitative estimate of drug-likeness (QED) is 0.873. The maximum absolute atomic E-state index is 12.3. The van der Waals surface area contributed by atoms with Crippen molar-refractivity contribution in [1.29, 1.82) is 0 Å². The molecule has 1 saturated carbocycles. The molecule has 1 aromatic carbocycles. The Labute approximate surface area is 115 Å². The van der Waals surface area contributed by atoms with E-state index in [-0.39, 0.29) is 11.3 Å². The van der Waals surface area contributed by atoms with Gasteiger partial charge >= 0.3 is 0 Å². The molecule has 0 aliphatic heterocycles. The minimum absolute atomic E-state index is 0.0368. The van der Waals surface area contributed by atoms with Gasteiger partial charge in [0.1, 0.15) is 0 Å². The lowest BCUT2D eigenvalue weighted by Crippen LogP contribution is -2.47. The van der Waals surface area contributed by atoms with Crippen molar-refractivity contribution >= 4 is 5.91 Å². The zero-order chi connectivity index (χ0) is 14.0. The zero-order valence-electron chi connectivity index (χ0n) is 12.2. The summed E-state index contributed by atoms with van der Waals surface area (Å²) < 4.78 is 0. The van der Waals surface area contributed by atoms with E-state index in [1.54, 1.807) is 0 Å². The van der Waals surface area contributed by atoms with E-state index in [1.807, 2.05) is 13.8 Å². The van der Waals surface area contributed by atoms with Crippen LogP contribution in [0.1, 0.15) is 46.3 Å². The van der Waals surface area contributed by atoms with Crippen LogP contribution in [0.15, 0.2) is 12.1 Å². The van der Waals surface area contributed by atoms with Crippen LogP contribution in [-0.4, -0.2) is 19.0 Å².